The zero-order chi connectivity index (χ0) is 27.3. The highest BCUT2D eigenvalue weighted by Gasteiger charge is 2.42. The molecule has 9 aromatic rings. The van der Waals surface area contributed by atoms with Crippen molar-refractivity contribution in [2.45, 2.75) is 4.90 Å². The van der Waals surface area contributed by atoms with Crippen LogP contribution >= 0.6 is 11.8 Å². The summed E-state index contributed by atoms with van der Waals surface area (Å²) in [5, 5.41) is 7.55. The molecular formula is C37H21BN2OS. The summed E-state index contributed by atoms with van der Waals surface area (Å²) in [5.41, 5.74) is 13.5. The van der Waals surface area contributed by atoms with E-state index in [0.717, 1.165) is 16.6 Å². The molecule has 0 amide bonds. The Kier molecular flexibility index (Phi) is 3.80. The third kappa shape index (κ3) is 2.34. The van der Waals surface area contributed by atoms with Gasteiger partial charge in [-0.3, -0.25) is 0 Å². The molecule has 0 atom stereocenters. The maximum Gasteiger partial charge on any atom is 0.333 e. The van der Waals surface area contributed by atoms with E-state index in [1.54, 1.807) is 11.8 Å². The minimum absolute atomic E-state index is 0.0328. The monoisotopic (exact) mass is 552 g/mol. The van der Waals surface area contributed by atoms with E-state index in [1.165, 1.54) is 81.6 Å². The standard InChI is InChI=1S/C37H21BN2OS/c1-42-20-16-17-30-26(18-20)24-12-7-13-29-35(24)39(30)36-33-27(19-28-22-9-3-5-15-32(22)41-37(28)36)25-11-6-10-23-21-8-2-4-14-31(21)40(34(23)25)38(29)33/h2-19H,1H3. The number of hydrogen-bond donors (Lipinski definition) is 0. The number of rotatable bonds is 1. The van der Waals surface area contributed by atoms with Crippen molar-refractivity contribution in [3.63, 3.8) is 0 Å². The van der Waals surface area contributed by atoms with Gasteiger partial charge in [0.25, 0.3) is 0 Å². The van der Waals surface area contributed by atoms with Crippen molar-refractivity contribution in [2.24, 2.45) is 0 Å². The molecule has 3 aromatic heterocycles. The summed E-state index contributed by atoms with van der Waals surface area (Å²) < 4.78 is 12.0. The molecule has 5 heterocycles. The minimum atomic E-state index is 0.0328. The molecule has 2 aliphatic heterocycles. The van der Waals surface area contributed by atoms with Crippen LogP contribution in [0.25, 0.3) is 82.4 Å². The van der Waals surface area contributed by atoms with E-state index in [4.69, 9.17) is 4.42 Å². The predicted octanol–water partition coefficient (Wildman–Crippen LogP) is 8.46. The summed E-state index contributed by atoms with van der Waals surface area (Å²) in [6.45, 7) is 0.0328. The molecule has 0 spiro atoms. The Morgan fingerprint density at radius 1 is 0.619 bits per heavy atom. The lowest BCUT2D eigenvalue weighted by Gasteiger charge is -2.34. The first-order valence-electron chi connectivity index (χ1n) is 14.4. The quantitative estimate of drug-likeness (QED) is 0.151. The van der Waals surface area contributed by atoms with Crippen LogP contribution < -0.4 is 10.9 Å². The maximum atomic E-state index is 6.83. The van der Waals surface area contributed by atoms with E-state index in [-0.39, 0.29) is 6.85 Å². The van der Waals surface area contributed by atoms with Gasteiger partial charge in [0.2, 0.25) is 0 Å². The summed E-state index contributed by atoms with van der Waals surface area (Å²) in [7, 11) is 0. The Bertz CT molecular complexity index is 2690. The number of nitrogens with zero attached hydrogens (tertiary/aromatic N) is 2. The smallest absolute Gasteiger partial charge is 0.333 e. The largest absolute Gasteiger partial charge is 0.454 e. The second-order valence-electron chi connectivity index (χ2n) is 11.6. The zero-order valence-corrected chi connectivity index (χ0v) is 23.5. The molecule has 0 unspecified atom stereocenters. The van der Waals surface area contributed by atoms with Crippen molar-refractivity contribution in [3.05, 3.63) is 109 Å². The Morgan fingerprint density at radius 3 is 2.31 bits per heavy atom. The number of thioether (sulfide) groups is 1. The highest BCUT2D eigenvalue weighted by molar-refractivity contribution is 7.98. The van der Waals surface area contributed by atoms with Crippen molar-refractivity contribution >= 4 is 95.1 Å². The van der Waals surface area contributed by atoms with E-state index in [2.05, 4.69) is 124 Å². The summed E-state index contributed by atoms with van der Waals surface area (Å²) in [5.74, 6) is 0. The van der Waals surface area contributed by atoms with Gasteiger partial charge in [0.05, 0.1) is 16.7 Å². The molecule has 0 aliphatic carbocycles. The molecule has 42 heavy (non-hydrogen) atoms. The number of aromatic nitrogens is 2. The number of para-hydroxylation sites is 4. The van der Waals surface area contributed by atoms with E-state index in [9.17, 15) is 0 Å². The molecule has 5 heteroatoms. The number of furan rings is 1. The van der Waals surface area contributed by atoms with E-state index < -0.39 is 0 Å². The van der Waals surface area contributed by atoms with Crippen molar-refractivity contribution in [3.8, 4) is 16.8 Å². The van der Waals surface area contributed by atoms with Crippen molar-refractivity contribution < 1.29 is 4.42 Å². The normalized spacial score (nSPS) is 13.4. The molecule has 2 aliphatic rings. The van der Waals surface area contributed by atoms with Crippen LogP contribution in [-0.4, -0.2) is 22.1 Å². The van der Waals surface area contributed by atoms with Crippen molar-refractivity contribution in [1.82, 2.24) is 9.05 Å². The van der Waals surface area contributed by atoms with E-state index >= 15 is 0 Å². The Hall–Kier alpha value is -4.87. The maximum absolute atomic E-state index is 6.83. The molecule has 3 nitrogen and oxygen atoms in total. The SMILES string of the molecule is CSc1ccc2c(c1)c1cccc3c1n2-c1c2c(cc4c1oc1ccccc14)-c1cccc4c5ccccc5n(c14)B23. The van der Waals surface area contributed by atoms with Gasteiger partial charge in [-0.25, -0.2) is 0 Å². The van der Waals surface area contributed by atoms with Crippen LogP contribution in [-0.2, 0) is 0 Å². The molecule has 6 aromatic carbocycles. The van der Waals surface area contributed by atoms with Gasteiger partial charge in [-0.15, -0.1) is 11.8 Å². The molecular weight excluding hydrogens is 531 g/mol. The molecule has 194 valence electrons. The molecule has 0 saturated heterocycles. The van der Waals surface area contributed by atoms with E-state index in [1.807, 2.05) is 0 Å². The van der Waals surface area contributed by atoms with Gasteiger partial charge in [0.1, 0.15) is 5.58 Å². The molecule has 0 fully saturated rings. The van der Waals surface area contributed by atoms with Gasteiger partial charge in [-0.2, -0.15) is 0 Å². The molecule has 0 bridgehead atoms. The summed E-state index contributed by atoms with van der Waals surface area (Å²) >= 11 is 1.80. The van der Waals surface area contributed by atoms with Gasteiger partial charge in [-0.1, -0.05) is 72.8 Å². The third-order valence-corrected chi connectivity index (χ3v) is 10.5. The third-order valence-electron chi connectivity index (χ3n) is 9.78. The lowest BCUT2D eigenvalue weighted by molar-refractivity contribution is 0.667. The fourth-order valence-corrected chi connectivity index (χ4v) is 8.63. The van der Waals surface area contributed by atoms with Gasteiger partial charge >= 0.3 is 6.85 Å². The van der Waals surface area contributed by atoms with Crippen LogP contribution in [0.4, 0.5) is 0 Å². The summed E-state index contributed by atoms with van der Waals surface area (Å²) in [6, 6.07) is 40.4. The van der Waals surface area contributed by atoms with Crippen molar-refractivity contribution in [2.75, 3.05) is 6.26 Å². The first kappa shape index (κ1) is 21.8. The Balaban J connectivity index is 1.47. The first-order chi connectivity index (χ1) is 20.8. The van der Waals surface area contributed by atoms with Gasteiger partial charge < -0.3 is 13.5 Å². The van der Waals surface area contributed by atoms with E-state index in [0.29, 0.717) is 0 Å². The van der Waals surface area contributed by atoms with Crippen LogP contribution in [0.2, 0.25) is 0 Å². The minimum Gasteiger partial charge on any atom is -0.454 e. The lowest BCUT2D eigenvalue weighted by atomic mass is 9.45. The fourth-order valence-electron chi connectivity index (χ4n) is 8.19. The van der Waals surface area contributed by atoms with Gasteiger partial charge in [0.15, 0.2) is 5.58 Å². The average molecular weight is 552 g/mol. The van der Waals surface area contributed by atoms with Crippen LogP contribution in [0.5, 0.6) is 0 Å². The highest BCUT2D eigenvalue weighted by Crippen LogP contribution is 2.46. The Labute approximate surface area is 245 Å². The zero-order valence-electron chi connectivity index (χ0n) is 22.7. The van der Waals surface area contributed by atoms with Crippen LogP contribution in [0.15, 0.2) is 119 Å². The Morgan fingerprint density at radius 2 is 1.40 bits per heavy atom. The predicted molar refractivity (Wildman–Crippen MR) is 179 cm³/mol. The second kappa shape index (κ2) is 7.31. The van der Waals surface area contributed by atoms with Crippen LogP contribution in [0.1, 0.15) is 0 Å². The molecule has 0 N–H and O–H groups in total. The topological polar surface area (TPSA) is 23.0 Å². The number of benzene rings is 6. The highest BCUT2D eigenvalue weighted by atomic mass is 32.2. The van der Waals surface area contributed by atoms with Crippen LogP contribution in [0, 0.1) is 0 Å². The van der Waals surface area contributed by atoms with Crippen molar-refractivity contribution in [1.29, 1.82) is 0 Å². The van der Waals surface area contributed by atoms with Gasteiger partial charge in [0, 0.05) is 53.8 Å². The average Bonchev–Trinajstić information content (AvgIpc) is 3.70. The summed E-state index contributed by atoms with van der Waals surface area (Å²) in [6.07, 6.45) is 2.15. The molecule has 11 rings (SSSR count). The first-order valence-corrected chi connectivity index (χ1v) is 15.7. The number of hydrogen-bond acceptors (Lipinski definition) is 2. The molecule has 0 radical (unpaired) electrons. The second-order valence-corrected chi connectivity index (χ2v) is 12.5. The molecule has 0 saturated carbocycles. The lowest BCUT2D eigenvalue weighted by Crippen LogP contribution is -2.55. The van der Waals surface area contributed by atoms with Gasteiger partial charge in [-0.05, 0) is 59.1 Å². The van der Waals surface area contributed by atoms with Crippen LogP contribution in [0.3, 0.4) is 0 Å². The summed E-state index contributed by atoms with van der Waals surface area (Å²) in [4.78, 5) is 1.28. The fraction of sp³-hybridized carbons (Fsp3) is 0.0270. The number of fused-ring (bicyclic) bond motifs is 14.